The van der Waals surface area contributed by atoms with Crippen LogP contribution < -0.4 is 11.9 Å². The summed E-state index contributed by atoms with van der Waals surface area (Å²) in [5, 5.41) is 0. The van der Waals surface area contributed by atoms with Crippen molar-refractivity contribution in [2.24, 2.45) is 0 Å². The van der Waals surface area contributed by atoms with Crippen LogP contribution in [0.4, 0.5) is 10.1 Å². The van der Waals surface area contributed by atoms with E-state index in [9.17, 15) is 4.39 Å². The molecule has 0 saturated heterocycles. The van der Waals surface area contributed by atoms with E-state index in [1.807, 2.05) is 18.2 Å². The van der Waals surface area contributed by atoms with Gasteiger partial charge in [-0.2, -0.15) is 0 Å². The van der Waals surface area contributed by atoms with Crippen molar-refractivity contribution in [1.82, 2.24) is 6.15 Å². The van der Waals surface area contributed by atoms with Gasteiger partial charge in [0.2, 0.25) is 0 Å². The van der Waals surface area contributed by atoms with E-state index in [1.54, 1.807) is 6.07 Å². The number of halogens is 1. The predicted molar refractivity (Wildman–Crippen MR) is 94.4 cm³/mol. The van der Waals surface area contributed by atoms with Gasteiger partial charge in [-0.25, -0.2) is 4.39 Å². The van der Waals surface area contributed by atoms with Crippen LogP contribution in [0.1, 0.15) is 42.9 Å². The number of hydrogen-bond donors (Lipinski definition) is 2. The van der Waals surface area contributed by atoms with Crippen LogP contribution in [0.25, 0.3) is 12.2 Å². The van der Waals surface area contributed by atoms with Crippen LogP contribution in [-0.4, -0.2) is 0 Å². The number of hydrogen-bond acceptors (Lipinski definition) is 2. The first-order valence-corrected chi connectivity index (χ1v) is 7.51. The molecule has 2 aromatic rings. The maximum absolute atomic E-state index is 13.3. The molecular weight excluding hydrogens is 275 g/mol. The largest absolute Gasteiger partial charge is 0.396 e. The van der Waals surface area contributed by atoms with Crippen LogP contribution in [0.5, 0.6) is 0 Å². The highest BCUT2D eigenvalue weighted by atomic mass is 19.1. The van der Waals surface area contributed by atoms with Crippen LogP contribution >= 0.6 is 0 Å². The molecule has 0 heterocycles. The molecule has 2 rings (SSSR count). The smallest absolute Gasteiger partial charge is 0.146 e. The summed E-state index contributed by atoms with van der Waals surface area (Å²) in [7, 11) is 0. The molecule has 0 saturated carbocycles. The Morgan fingerprint density at radius 2 is 1.59 bits per heavy atom. The number of rotatable bonds is 6. The zero-order valence-corrected chi connectivity index (χ0v) is 13.2. The Balaban J connectivity index is 0.00000242. The second-order valence-corrected chi connectivity index (χ2v) is 5.31. The molecule has 0 atom stereocenters. The van der Waals surface area contributed by atoms with Gasteiger partial charge in [-0.15, -0.1) is 0 Å². The van der Waals surface area contributed by atoms with Gasteiger partial charge in [-0.05, 0) is 41.7 Å². The molecule has 0 radical (unpaired) electrons. The number of nitrogen functional groups attached to an aromatic ring is 1. The van der Waals surface area contributed by atoms with Crippen molar-refractivity contribution in [3.63, 3.8) is 0 Å². The van der Waals surface area contributed by atoms with Gasteiger partial charge in [0.05, 0.1) is 5.69 Å². The molecule has 2 nitrogen and oxygen atoms in total. The summed E-state index contributed by atoms with van der Waals surface area (Å²) < 4.78 is 13.3. The minimum Gasteiger partial charge on any atom is -0.396 e. The minimum absolute atomic E-state index is 0. The van der Waals surface area contributed by atoms with E-state index in [0.29, 0.717) is 0 Å². The highest BCUT2D eigenvalue weighted by molar-refractivity contribution is 5.70. The zero-order chi connectivity index (χ0) is 15.1. The maximum atomic E-state index is 13.3. The van der Waals surface area contributed by atoms with Crippen molar-refractivity contribution >= 4 is 17.8 Å². The summed E-state index contributed by atoms with van der Waals surface area (Å²) in [5.74, 6) is -0.372. The van der Waals surface area contributed by atoms with Crippen molar-refractivity contribution in [3.8, 4) is 0 Å². The van der Waals surface area contributed by atoms with E-state index in [-0.39, 0.29) is 17.7 Å². The number of anilines is 1. The molecule has 0 fully saturated rings. The van der Waals surface area contributed by atoms with E-state index in [0.717, 1.165) is 17.5 Å². The average molecular weight is 300 g/mol. The van der Waals surface area contributed by atoms with Gasteiger partial charge in [0.25, 0.3) is 0 Å². The molecule has 0 aromatic heterocycles. The molecule has 22 heavy (non-hydrogen) atoms. The molecular formula is C19H25FN2. The molecule has 0 unspecified atom stereocenters. The second-order valence-electron chi connectivity index (χ2n) is 5.31. The molecule has 2 aromatic carbocycles. The summed E-state index contributed by atoms with van der Waals surface area (Å²) in [6.07, 6.45) is 8.80. The first-order valence-electron chi connectivity index (χ1n) is 7.51. The van der Waals surface area contributed by atoms with Crippen molar-refractivity contribution in [3.05, 3.63) is 65.0 Å². The third-order valence-electron chi connectivity index (χ3n) is 3.54. The lowest BCUT2D eigenvalue weighted by molar-refractivity contribution is 0.632. The molecule has 5 N–H and O–H groups in total. The van der Waals surface area contributed by atoms with Gasteiger partial charge in [-0.3, -0.25) is 0 Å². The molecule has 3 heteroatoms. The Bertz CT molecular complexity index is 603. The molecule has 0 spiro atoms. The van der Waals surface area contributed by atoms with Crippen LogP contribution in [-0.2, 0) is 6.42 Å². The molecule has 0 amide bonds. The van der Waals surface area contributed by atoms with E-state index in [4.69, 9.17) is 5.73 Å². The lowest BCUT2D eigenvalue weighted by atomic mass is 10.0. The van der Waals surface area contributed by atoms with E-state index >= 15 is 0 Å². The van der Waals surface area contributed by atoms with Crippen molar-refractivity contribution in [1.29, 1.82) is 0 Å². The van der Waals surface area contributed by atoms with Gasteiger partial charge < -0.3 is 11.9 Å². The highest BCUT2D eigenvalue weighted by Gasteiger charge is 1.97. The second kappa shape index (κ2) is 9.00. The Morgan fingerprint density at radius 3 is 2.23 bits per heavy atom. The summed E-state index contributed by atoms with van der Waals surface area (Å²) in [6, 6.07) is 13.4. The summed E-state index contributed by atoms with van der Waals surface area (Å²) in [5.41, 5.74) is 8.95. The van der Waals surface area contributed by atoms with Crippen molar-refractivity contribution in [2.45, 2.75) is 32.6 Å². The first-order chi connectivity index (χ1) is 10.2. The molecule has 0 aliphatic heterocycles. The van der Waals surface area contributed by atoms with Gasteiger partial charge in [-0.1, -0.05) is 62.2 Å². The Hall–Kier alpha value is -2.13. The topological polar surface area (TPSA) is 61.0 Å². The van der Waals surface area contributed by atoms with Crippen LogP contribution in [0.15, 0.2) is 42.5 Å². The first kappa shape index (κ1) is 17.9. The van der Waals surface area contributed by atoms with E-state index in [2.05, 4.69) is 31.2 Å². The quantitative estimate of drug-likeness (QED) is 0.422. The molecule has 118 valence electrons. The third kappa shape index (κ3) is 5.34. The molecule has 0 aliphatic carbocycles. The Morgan fingerprint density at radius 1 is 0.955 bits per heavy atom. The standard InChI is InChI=1S/C19H22FN.H3N/c1-2-3-4-5-15-6-8-16(9-7-15)10-11-17-12-13-19(21)18(20)14-17;/h6-14H,2-5,21H2,1H3;1H3/b11-10+;. The van der Waals surface area contributed by atoms with Gasteiger partial charge in [0.1, 0.15) is 5.82 Å². The monoisotopic (exact) mass is 300 g/mol. The fourth-order valence-corrected chi connectivity index (χ4v) is 2.21. The number of aryl methyl sites for hydroxylation is 1. The Labute approximate surface area is 132 Å². The van der Waals surface area contributed by atoms with E-state index in [1.165, 1.54) is 30.9 Å². The summed E-state index contributed by atoms with van der Waals surface area (Å²) in [6.45, 7) is 2.22. The zero-order valence-electron chi connectivity index (χ0n) is 13.2. The average Bonchev–Trinajstić information content (AvgIpc) is 2.50. The number of nitrogens with two attached hydrogens (primary N) is 1. The van der Waals surface area contributed by atoms with Crippen molar-refractivity contribution in [2.75, 3.05) is 5.73 Å². The van der Waals surface area contributed by atoms with Gasteiger partial charge in [0, 0.05) is 0 Å². The molecule has 0 aliphatic rings. The fraction of sp³-hybridized carbons (Fsp3) is 0.263. The molecule has 0 bridgehead atoms. The minimum atomic E-state index is -0.372. The third-order valence-corrected chi connectivity index (χ3v) is 3.54. The fourth-order valence-electron chi connectivity index (χ4n) is 2.21. The number of unbranched alkanes of at least 4 members (excludes halogenated alkanes) is 2. The summed E-state index contributed by atoms with van der Waals surface area (Å²) >= 11 is 0. The lowest BCUT2D eigenvalue weighted by Crippen LogP contribution is -1.89. The van der Waals surface area contributed by atoms with Crippen LogP contribution in [0.3, 0.4) is 0 Å². The van der Waals surface area contributed by atoms with E-state index < -0.39 is 0 Å². The van der Waals surface area contributed by atoms with Crippen LogP contribution in [0, 0.1) is 5.82 Å². The van der Waals surface area contributed by atoms with Crippen molar-refractivity contribution < 1.29 is 4.39 Å². The number of benzene rings is 2. The SMILES string of the molecule is CCCCCc1ccc(/C=C/c2ccc(N)c(F)c2)cc1.N. The van der Waals surface area contributed by atoms with Gasteiger partial charge >= 0.3 is 0 Å². The van der Waals surface area contributed by atoms with Crippen LogP contribution in [0.2, 0.25) is 0 Å². The maximum Gasteiger partial charge on any atom is 0.146 e. The normalized spacial score (nSPS) is 10.6. The Kier molecular flexibility index (Phi) is 7.33. The summed E-state index contributed by atoms with van der Waals surface area (Å²) in [4.78, 5) is 0. The van der Waals surface area contributed by atoms with Gasteiger partial charge in [0.15, 0.2) is 0 Å². The predicted octanol–water partition coefficient (Wildman–Crippen LogP) is 5.47. The highest BCUT2D eigenvalue weighted by Crippen LogP contribution is 2.15. The lowest BCUT2D eigenvalue weighted by Gasteiger charge is -2.02.